The van der Waals surface area contributed by atoms with Crippen LogP contribution < -0.4 is 0 Å². The molecule has 0 radical (unpaired) electrons. The molecule has 0 unspecified atom stereocenters. The first-order valence-corrected chi connectivity index (χ1v) is 9.79. The molecule has 1 aromatic carbocycles. The Hall–Kier alpha value is 0.0383. The summed E-state index contributed by atoms with van der Waals surface area (Å²) >= 11 is 0. The van der Waals surface area contributed by atoms with Crippen molar-refractivity contribution in [2.45, 2.75) is 97.8 Å². The second-order valence-electron chi connectivity index (χ2n) is 5.64. The molecule has 0 fully saturated rings. The second-order valence-corrected chi connectivity index (χ2v) is 5.64. The van der Waals surface area contributed by atoms with Crippen molar-refractivity contribution in [1.29, 1.82) is 0 Å². The van der Waals surface area contributed by atoms with Crippen LogP contribution in [-0.4, -0.2) is 0 Å². The van der Waals surface area contributed by atoms with Crippen molar-refractivity contribution < 1.29 is 21.1 Å². The average molecular weight is 516 g/mol. The van der Waals surface area contributed by atoms with Crippen molar-refractivity contribution in [2.24, 2.45) is 0 Å². The standard InChI is InChI=1S/3C6H13.C5H5.Pt/c3*1-3-5-6-4-2;1-2-4-5-3-1;/h3*1,3-6H2,2H3;1-5H;/q4*-1;+4. The summed E-state index contributed by atoms with van der Waals surface area (Å²) in [5, 5.41) is 0. The van der Waals surface area contributed by atoms with E-state index < -0.39 is 0 Å². The molecule has 0 spiro atoms. The third kappa shape index (κ3) is 49.5. The van der Waals surface area contributed by atoms with E-state index in [1.54, 1.807) is 0 Å². The van der Waals surface area contributed by atoms with Gasteiger partial charge in [-0.1, -0.05) is 78.6 Å². The van der Waals surface area contributed by atoms with E-state index in [1.165, 1.54) is 57.8 Å². The van der Waals surface area contributed by atoms with Crippen LogP contribution in [0.1, 0.15) is 97.8 Å². The maximum Gasteiger partial charge on any atom is 4.00 e. The van der Waals surface area contributed by atoms with Gasteiger partial charge in [-0.3, -0.25) is 0 Å². The molecule has 24 heavy (non-hydrogen) atoms. The van der Waals surface area contributed by atoms with Crippen molar-refractivity contribution in [3.8, 4) is 0 Å². The molecular weight excluding hydrogens is 471 g/mol. The largest absolute Gasteiger partial charge is 4.00 e. The molecular formula is C23H44Pt. The second kappa shape index (κ2) is 38.5. The van der Waals surface area contributed by atoms with Crippen molar-refractivity contribution in [2.75, 3.05) is 0 Å². The monoisotopic (exact) mass is 515 g/mol. The summed E-state index contributed by atoms with van der Waals surface area (Å²) in [4.78, 5) is 0. The smallest absolute Gasteiger partial charge is 0.343 e. The van der Waals surface area contributed by atoms with Crippen molar-refractivity contribution >= 4 is 0 Å². The molecule has 1 heteroatoms. The number of unbranched alkanes of at least 4 members (excludes halogenated alkanes) is 9. The van der Waals surface area contributed by atoms with Gasteiger partial charge in [-0.2, -0.15) is 37.5 Å². The van der Waals surface area contributed by atoms with Crippen LogP contribution in [0.25, 0.3) is 0 Å². The van der Waals surface area contributed by atoms with E-state index in [4.69, 9.17) is 0 Å². The van der Waals surface area contributed by atoms with E-state index in [9.17, 15) is 0 Å². The zero-order valence-electron chi connectivity index (χ0n) is 16.8. The van der Waals surface area contributed by atoms with Gasteiger partial charge in [0.2, 0.25) is 0 Å². The number of hydrogen-bond acceptors (Lipinski definition) is 0. The van der Waals surface area contributed by atoms with Gasteiger partial charge < -0.3 is 20.8 Å². The van der Waals surface area contributed by atoms with Crippen LogP contribution >= 0.6 is 0 Å². The van der Waals surface area contributed by atoms with Gasteiger partial charge in [0.25, 0.3) is 0 Å². The van der Waals surface area contributed by atoms with E-state index in [0.717, 1.165) is 19.3 Å². The first-order valence-electron chi connectivity index (χ1n) is 9.79. The first kappa shape index (κ1) is 31.8. The van der Waals surface area contributed by atoms with E-state index in [-0.39, 0.29) is 21.1 Å². The van der Waals surface area contributed by atoms with E-state index in [0.29, 0.717) is 0 Å². The van der Waals surface area contributed by atoms with Gasteiger partial charge in [-0.25, -0.2) is 12.1 Å². The molecule has 0 nitrogen and oxygen atoms in total. The van der Waals surface area contributed by atoms with Crippen molar-refractivity contribution in [3.63, 3.8) is 0 Å². The Morgan fingerprint density at radius 1 is 0.583 bits per heavy atom. The molecule has 0 aliphatic carbocycles. The molecule has 0 amide bonds. The molecule has 0 aliphatic heterocycles. The Labute approximate surface area is 169 Å². The van der Waals surface area contributed by atoms with Crippen LogP contribution in [0.3, 0.4) is 0 Å². The van der Waals surface area contributed by atoms with Crippen LogP contribution in [0, 0.1) is 20.8 Å². The van der Waals surface area contributed by atoms with Gasteiger partial charge in [0.05, 0.1) is 0 Å². The van der Waals surface area contributed by atoms with Gasteiger partial charge in [0.1, 0.15) is 0 Å². The zero-order chi connectivity index (χ0) is 18.0. The van der Waals surface area contributed by atoms with Gasteiger partial charge in [-0.15, -0.1) is 0 Å². The third-order valence-corrected chi connectivity index (χ3v) is 3.12. The molecule has 0 aliphatic rings. The summed E-state index contributed by atoms with van der Waals surface area (Å²) in [5.41, 5.74) is 0. The maximum absolute atomic E-state index is 3.72. The molecule has 0 N–H and O–H groups in total. The van der Waals surface area contributed by atoms with Gasteiger partial charge in [-0.05, 0) is 0 Å². The minimum Gasteiger partial charge on any atom is -0.343 e. The zero-order valence-corrected chi connectivity index (χ0v) is 19.1. The van der Waals surface area contributed by atoms with Crippen LogP contribution in [0.15, 0.2) is 30.3 Å². The average Bonchev–Trinajstić information content (AvgIpc) is 3.17. The van der Waals surface area contributed by atoms with E-state index in [2.05, 4.69) is 41.5 Å². The molecule has 146 valence electrons. The molecule has 1 aromatic rings. The number of rotatable bonds is 9. The molecule has 0 saturated carbocycles. The van der Waals surface area contributed by atoms with E-state index >= 15 is 0 Å². The minimum atomic E-state index is 0. The molecule has 0 saturated heterocycles. The molecule has 1 rings (SSSR count). The van der Waals surface area contributed by atoms with Crippen LogP contribution in [-0.2, 0) is 21.1 Å². The Balaban J connectivity index is -0.000000110. The van der Waals surface area contributed by atoms with E-state index in [1.807, 2.05) is 30.3 Å². The van der Waals surface area contributed by atoms with Crippen LogP contribution in [0.2, 0.25) is 0 Å². The van der Waals surface area contributed by atoms with Gasteiger partial charge in [0, 0.05) is 0 Å². The Bertz CT molecular complexity index is 168. The summed E-state index contributed by atoms with van der Waals surface area (Å²) in [6.07, 6.45) is 15.2. The fourth-order valence-electron chi connectivity index (χ4n) is 1.60. The first-order chi connectivity index (χ1) is 11.2. The summed E-state index contributed by atoms with van der Waals surface area (Å²) in [6, 6.07) is 10.0. The Morgan fingerprint density at radius 2 is 0.875 bits per heavy atom. The summed E-state index contributed by atoms with van der Waals surface area (Å²) < 4.78 is 0. The SMILES string of the molecule is [CH2-]CCCCC.[CH2-]CCCCC.[CH2-]CCCCC.[Pt+4].c1cc[cH-]c1. The predicted molar refractivity (Wildman–Crippen MR) is 111 cm³/mol. The Morgan fingerprint density at radius 3 is 0.958 bits per heavy atom. The third-order valence-electron chi connectivity index (χ3n) is 3.12. The molecule has 0 bridgehead atoms. The van der Waals surface area contributed by atoms with Crippen LogP contribution in [0.4, 0.5) is 0 Å². The fraction of sp³-hybridized carbons (Fsp3) is 0.652. The maximum atomic E-state index is 3.72. The fourth-order valence-corrected chi connectivity index (χ4v) is 1.60. The molecule has 0 heterocycles. The van der Waals surface area contributed by atoms with Gasteiger partial charge >= 0.3 is 21.1 Å². The quantitative estimate of drug-likeness (QED) is 0.228. The van der Waals surface area contributed by atoms with Crippen molar-refractivity contribution in [1.82, 2.24) is 0 Å². The van der Waals surface area contributed by atoms with Gasteiger partial charge in [0.15, 0.2) is 0 Å². The topological polar surface area (TPSA) is 0 Å². The number of hydrogen-bond donors (Lipinski definition) is 0. The van der Waals surface area contributed by atoms with Crippen molar-refractivity contribution in [3.05, 3.63) is 51.1 Å². The summed E-state index contributed by atoms with van der Waals surface area (Å²) in [7, 11) is 0. The summed E-state index contributed by atoms with van der Waals surface area (Å²) in [6.45, 7) is 17.8. The molecule has 0 aromatic heterocycles. The summed E-state index contributed by atoms with van der Waals surface area (Å²) in [5.74, 6) is 0. The normalized spacial score (nSPS) is 8.42. The van der Waals surface area contributed by atoms with Crippen LogP contribution in [0.5, 0.6) is 0 Å². The Kier molecular flexibility index (Phi) is 51.0. The minimum absolute atomic E-state index is 0. The predicted octanol–water partition coefficient (Wildman–Crippen LogP) is 8.61. The molecule has 0 atom stereocenters.